The Balaban J connectivity index is 2.10. The number of hydrogen-bond donors (Lipinski definition) is 1. The second kappa shape index (κ2) is 12.9. The van der Waals surface area contributed by atoms with Crippen LogP contribution in [0.15, 0.2) is 23.1 Å². The molecule has 2 aromatic rings. The number of esters is 1. The van der Waals surface area contributed by atoms with Gasteiger partial charge in [0.1, 0.15) is 17.1 Å². The molecule has 1 heterocycles. The van der Waals surface area contributed by atoms with Crippen molar-refractivity contribution in [2.75, 3.05) is 19.8 Å². The predicted octanol–water partition coefficient (Wildman–Crippen LogP) is 5.62. The third kappa shape index (κ3) is 6.78. The van der Waals surface area contributed by atoms with Gasteiger partial charge in [-0.2, -0.15) is 0 Å². The molecule has 1 N–H and O–H groups in total. The molecule has 0 atom stereocenters. The first-order valence-corrected chi connectivity index (χ1v) is 11.2. The molecular formula is C24H35NO5. The summed E-state index contributed by atoms with van der Waals surface area (Å²) in [6.07, 6.45) is 11.0. The van der Waals surface area contributed by atoms with Crippen molar-refractivity contribution in [1.29, 1.82) is 0 Å². The minimum atomic E-state index is -0.636. The van der Waals surface area contributed by atoms with Crippen LogP contribution in [-0.2, 0) is 4.74 Å². The van der Waals surface area contributed by atoms with E-state index in [0.717, 1.165) is 12.8 Å². The number of pyridine rings is 1. The Kier molecular flexibility index (Phi) is 10.3. The summed E-state index contributed by atoms with van der Waals surface area (Å²) >= 11 is 0. The summed E-state index contributed by atoms with van der Waals surface area (Å²) in [6, 6.07) is 3.47. The highest BCUT2D eigenvalue weighted by Crippen LogP contribution is 2.29. The molecule has 0 aliphatic rings. The lowest BCUT2D eigenvalue weighted by molar-refractivity contribution is 0.0524. The van der Waals surface area contributed by atoms with Crippen LogP contribution < -0.4 is 14.9 Å². The quantitative estimate of drug-likeness (QED) is 0.319. The molecule has 0 bridgehead atoms. The van der Waals surface area contributed by atoms with E-state index < -0.39 is 11.4 Å². The Morgan fingerprint density at radius 1 is 0.900 bits per heavy atom. The van der Waals surface area contributed by atoms with Gasteiger partial charge in [-0.3, -0.25) is 4.79 Å². The zero-order chi connectivity index (χ0) is 21.8. The monoisotopic (exact) mass is 417 g/mol. The number of ether oxygens (including phenoxy) is 3. The Morgan fingerprint density at radius 2 is 1.60 bits per heavy atom. The van der Waals surface area contributed by atoms with Crippen molar-refractivity contribution in [1.82, 2.24) is 4.98 Å². The van der Waals surface area contributed by atoms with Crippen LogP contribution in [0.5, 0.6) is 11.5 Å². The molecule has 0 radical (unpaired) electrons. The highest BCUT2D eigenvalue weighted by atomic mass is 16.5. The number of hydrogen-bond acceptors (Lipinski definition) is 5. The predicted molar refractivity (Wildman–Crippen MR) is 120 cm³/mol. The van der Waals surface area contributed by atoms with Crippen LogP contribution in [0, 0.1) is 0 Å². The van der Waals surface area contributed by atoms with Gasteiger partial charge >= 0.3 is 5.97 Å². The number of unbranched alkanes of at least 4 members (excludes halogenated alkanes) is 7. The molecule has 166 valence electrons. The molecule has 0 spiro atoms. The zero-order valence-electron chi connectivity index (χ0n) is 18.6. The Labute approximate surface area is 178 Å². The number of nitrogens with one attached hydrogen (secondary N) is 1. The number of carbonyl (C=O) groups excluding carboxylic acids is 1. The summed E-state index contributed by atoms with van der Waals surface area (Å²) in [4.78, 5) is 28.1. The maximum Gasteiger partial charge on any atom is 0.343 e. The van der Waals surface area contributed by atoms with E-state index in [1.807, 2.05) is 6.92 Å². The van der Waals surface area contributed by atoms with Gasteiger partial charge in [-0.1, -0.05) is 51.9 Å². The third-order valence-electron chi connectivity index (χ3n) is 4.98. The average Bonchev–Trinajstić information content (AvgIpc) is 2.73. The lowest BCUT2D eigenvalue weighted by Gasteiger charge is -2.13. The number of aromatic amines is 1. The molecule has 0 aliphatic carbocycles. The number of aromatic nitrogens is 1. The van der Waals surface area contributed by atoms with Crippen LogP contribution in [0.4, 0.5) is 0 Å². The lowest BCUT2D eigenvalue weighted by Crippen LogP contribution is -2.19. The standard InChI is InChI=1S/C24H35NO5/c1-4-7-8-9-10-11-12-13-14-30-21-16-18(28-5-2)15-20-22(21)23(26)19(17-25-20)24(27)29-6-3/h15-17H,4-14H2,1-3H3,(H,25,26). The average molecular weight is 418 g/mol. The van der Waals surface area contributed by atoms with E-state index in [2.05, 4.69) is 11.9 Å². The molecule has 30 heavy (non-hydrogen) atoms. The molecule has 0 saturated heterocycles. The fourth-order valence-electron chi connectivity index (χ4n) is 3.43. The van der Waals surface area contributed by atoms with Crippen LogP contribution in [0.3, 0.4) is 0 Å². The molecule has 0 amide bonds. The van der Waals surface area contributed by atoms with Gasteiger partial charge in [0.25, 0.3) is 0 Å². The van der Waals surface area contributed by atoms with Gasteiger partial charge in [0, 0.05) is 18.3 Å². The fraction of sp³-hybridized carbons (Fsp3) is 0.583. The number of H-pyrrole nitrogens is 1. The van der Waals surface area contributed by atoms with E-state index in [1.54, 1.807) is 19.1 Å². The smallest absolute Gasteiger partial charge is 0.343 e. The molecular weight excluding hydrogens is 382 g/mol. The molecule has 0 saturated carbocycles. The second-order valence-electron chi connectivity index (χ2n) is 7.35. The first-order chi connectivity index (χ1) is 14.6. The van der Waals surface area contributed by atoms with Crippen LogP contribution in [-0.4, -0.2) is 30.8 Å². The SMILES string of the molecule is CCCCCCCCCCOc1cc(OCC)cc2[nH]cc(C(=O)OCC)c(=O)c12. The summed E-state index contributed by atoms with van der Waals surface area (Å²) in [5, 5.41) is 0.351. The van der Waals surface area contributed by atoms with E-state index >= 15 is 0 Å². The fourth-order valence-corrected chi connectivity index (χ4v) is 3.43. The van der Waals surface area contributed by atoms with Crippen molar-refractivity contribution in [3.05, 3.63) is 34.1 Å². The van der Waals surface area contributed by atoms with Crippen molar-refractivity contribution in [2.24, 2.45) is 0 Å². The summed E-state index contributed by atoms with van der Waals surface area (Å²) < 4.78 is 16.6. The molecule has 0 aliphatic heterocycles. The first-order valence-electron chi connectivity index (χ1n) is 11.2. The van der Waals surface area contributed by atoms with Crippen molar-refractivity contribution in [3.63, 3.8) is 0 Å². The van der Waals surface area contributed by atoms with E-state index in [1.165, 1.54) is 44.7 Å². The Morgan fingerprint density at radius 3 is 2.27 bits per heavy atom. The largest absolute Gasteiger partial charge is 0.494 e. The number of fused-ring (bicyclic) bond motifs is 1. The Bertz CT molecular complexity index is 859. The molecule has 0 fully saturated rings. The summed E-state index contributed by atoms with van der Waals surface area (Å²) in [6.45, 7) is 7.07. The summed E-state index contributed by atoms with van der Waals surface area (Å²) in [7, 11) is 0. The minimum absolute atomic E-state index is 0.0227. The summed E-state index contributed by atoms with van der Waals surface area (Å²) in [5.41, 5.74) is 0.159. The number of benzene rings is 1. The van der Waals surface area contributed by atoms with Crippen LogP contribution in [0.2, 0.25) is 0 Å². The van der Waals surface area contributed by atoms with E-state index in [9.17, 15) is 9.59 Å². The molecule has 0 unspecified atom stereocenters. The highest BCUT2D eigenvalue weighted by Gasteiger charge is 2.18. The molecule has 6 nitrogen and oxygen atoms in total. The lowest BCUT2D eigenvalue weighted by atomic mass is 10.1. The first kappa shape index (κ1) is 23.8. The maximum atomic E-state index is 13.0. The highest BCUT2D eigenvalue weighted by molar-refractivity contribution is 5.95. The Hall–Kier alpha value is -2.50. The maximum absolute atomic E-state index is 13.0. The molecule has 1 aromatic carbocycles. The van der Waals surface area contributed by atoms with Crippen LogP contribution in [0.1, 0.15) is 82.5 Å². The molecule has 1 aromatic heterocycles. The third-order valence-corrected chi connectivity index (χ3v) is 4.98. The summed E-state index contributed by atoms with van der Waals surface area (Å²) in [5.74, 6) is 0.422. The van der Waals surface area contributed by atoms with Crippen molar-refractivity contribution >= 4 is 16.9 Å². The topological polar surface area (TPSA) is 77.6 Å². The zero-order valence-corrected chi connectivity index (χ0v) is 18.6. The van der Waals surface area contributed by atoms with Gasteiger partial charge in [-0.15, -0.1) is 0 Å². The van der Waals surface area contributed by atoms with Gasteiger partial charge in [0.05, 0.1) is 30.7 Å². The number of rotatable bonds is 14. The van der Waals surface area contributed by atoms with E-state index in [0.29, 0.717) is 35.6 Å². The molecule has 6 heteroatoms. The van der Waals surface area contributed by atoms with Crippen molar-refractivity contribution < 1.29 is 19.0 Å². The van der Waals surface area contributed by atoms with E-state index in [4.69, 9.17) is 14.2 Å². The van der Waals surface area contributed by atoms with Crippen molar-refractivity contribution in [2.45, 2.75) is 72.1 Å². The van der Waals surface area contributed by atoms with Crippen LogP contribution >= 0.6 is 0 Å². The van der Waals surface area contributed by atoms with Gasteiger partial charge in [-0.05, 0) is 20.3 Å². The van der Waals surface area contributed by atoms with Gasteiger partial charge in [0.2, 0.25) is 5.43 Å². The molecule has 2 rings (SSSR count). The van der Waals surface area contributed by atoms with E-state index in [-0.39, 0.29) is 12.2 Å². The normalized spacial score (nSPS) is 10.9. The van der Waals surface area contributed by atoms with Gasteiger partial charge < -0.3 is 19.2 Å². The number of carbonyl (C=O) groups is 1. The van der Waals surface area contributed by atoms with Crippen molar-refractivity contribution in [3.8, 4) is 11.5 Å². The van der Waals surface area contributed by atoms with Crippen LogP contribution in [0.25, 0.3) is 10.9 Å². The second-order valence-corrected chi connectivity index (χ2v) is 7.35. The minimum Gasteiger partial charge on any atom is -0.494 e. The van der Waals surface area contributed by atoms with Gasteiger partial charge in [0.15, 0.2) is 0 Å². The van der Waals surface area contributed by atoms with Gasteiger partial charge in [-0.25, -0.2) is 4.79 Å².